The van der Waals surface area contributed by atoms with Gasteiger partial charge in [-0.25, -0.2) is 9.78 Å². The van der Waals surface area contributed by atoms with Crippen LogP contribution in [0.3, 0.4) is 0 Å². The molecule has 1 aromatic heterocycles. The van der Waals surface area contributed by atoms with Crippen molar-refractivity contribution in [3.05, 3.63) is 78.5 Å². The Morgan fingerprint density at radius 2 is 1.69 bits per heavy atom. The fourth-order valence-electron chi connectivity index (χ4n) is 2.48. The van der Waals surface area contributed by atoms with Crippen molar-refractivity contribution in [2.24, 2.45) is 0 Å². The van der Waals surface area contributed by atoms with Crippen LogP contribution in [0, 0.1) is 6.92 Å². The zero-order valence-electron chi connectivity index (χ0n) is 16.0. The van der Waals surface area contributed by atoms with E-state index in [1.165, 1.54) is 0 Å². The Labute approximate surface area is 169 Å². The van der Waals surface area contributed by atoms with Crippen LogP contribution in [0.15, 0.2) is 72.9 Å². The Bertz CT molecular complexity index is 959. The van der Waals surface area contributed by atoms with Gasteiger partial charge in [0, 0.05) is 19.2 Å². The lowest BCUT2D eigenvalue weighted by Crippen LogP contribution is -2.31. The summed E-state index contributed by atoms with van der Waals surface area (Å²) in [5, 5.41) is 8.09. The Kier molecular flexibility index (Phi) is 6.78. The molecule has 29 heavy (non-hydrogen) atoms. The van der Waals surface area contributed by atoms with Gasteiger partial charge < -0.3 is 20.7 Å². The van der Waals surface area contributed by atoms with Crippen molar-refractivity contribution in [2.45, 2.75) is 13.3 Å². The fraction of sp³-hybridized carbons (Fsp3) is 0.136. The molecule has 7 heteroatoms. The topological polar surface area (TPSA) is 92.4 Å². The van der Waals surface area contributed by atoms with Gasteiger partial charge in [0.25, 0.3) is 0 Å². The maximum absolute atomic E-state index is 12.2. The first kappa shape index (κ1) is 19.9. The van der Waals surface area contributed by atoms with Crippen LogP contribution in [0.1, 0.15) is 12.0 Å². The van der Waals surface area contributed by atoms with Crippen molar-refractivity contribution in [1.29, 1.82) is 0 Å². The van der Waals surface area contributed by atoms with Gasteiger partial charge in [-0.2, -0.15) is 0 Å². The molecule has 0 aliphatic heterocycles. The molecule has 7 nitrogen and oxygen atoms in total. The van der Waals surface area contributed by atoms with E-state index in [0.717, 1.165) is 5.56 Å². The highest BCUT2D eigenvalue weighted by atomic mass is 16.5. The smallest absolute Gasteiger partial charge is 0.319 e. The van der Waals surface area contributed by atoms with Crippen LogP contribution in [0.5, 0.6) is 11.5 Å². The number of rotatable bonds is 7. The first-order chi connectivity index (χ1) is 14.1. The number of aromatic nitrogens is 1. The number of hydrogen-bond donors (Lipinski definition) is 3. The van der Waals surface area contributed by atoms with Crippen molar-refractivity contribution in [3.63, 3.8) is 0 Å². The molecule has 3 rings (SSSR count). The molecule has 0 spiro atoms. The van der Waals surface area contributed by atoms with E-state index in [-0.39, 0.29) is 18.9 Å². The van der Waals surface area contributed by atoms with Gasteiger partial charge in [0.15, 0.2) is 5.75 Å². The summed E-state index contributed by atoms with van der Waals surface area (Å²) in [6, 6.07) is 19.6. The second-order valence-corrected chi connectivity index (χ2v) is 6.31. The summed E-state index contributed by atoms with van der Waals surface area (Å²) in [5.41, 5.74) is 1.54. The third kappa shape index (κ3) is 6.35. The molecule has 0 bridgehead atoms. The lowest BCUT2D eigenvalue weighted by Gasteiger charge is -2.13. The van der Waals surface area contributed by atoms with E-state index in [1.807, 2.05) is 49.4 Å². The van der Waals surface area contributed by atoms with Gasteiger partial charge in [-0.15, -0.1) is 0 Å². The largest absolute Gasteiger partial charge is 0.455 e. The molecule has 2 aromatic carbocycles. The van der Waals surface area contributed by atoms with Crippen LogP contribution in [0.2, 0.25) is 0 Å². The Balaban J connectivity index is 1.47. The number of ether oxygens (including phenoxy) is 1. The third-order valence-corrected chi connectivity index (χ3v) is 3.92. The summed E-state index contributed by atoms with van der Waals surface area (Å²) in [6.07, 6.45) is 1.81. The molecule has 0 saturated heterocycles. The van der Waals surface area contributed by atoms with Crippen molar-refractivity contribution in [2.75, 3.05) is 17.2 Å². The van der Waals surface area contributed by atoms with Gasteiger partial charge in [0.2, 0.25) is 5.91 Å². The highest BCUT2D eigenvalue weighted by Crippen LogP contribution is 2.28. The van der Waals surface area contributed by atoms with Crippen LogP contribution < -0.4 is 20.7 Å². The molecule has 1 heterocycles. The summed E-state index contributed by atoms with van der Waals surface area (Å²) in [4.78, 5) is 28.2. The number of para-hydroxylation sites is 3. The highest BCUT2D eigenvalue weighted by Gasteiger charge is 2.09. The Hall–Kier alpha value is -3.87. The summed E-state index contributed by atoms with van der Waals surface area (Å²) in [6.45, 7) is 2.11. The zero-order chi connectivity index (χ0) is 20.5. The second-order valence-electron chi connectivity index (χ2n) is 6.31. The van der Waals surface area contributed by atoms with Crippen molar-refractivity contribution < 1.29 is 14.3 Å². The highest BCUT2D eigenvalue weighted by molar-refractivity contribution is 5.92. The number of pyridine rings is 1. The number of amides is 3. The molecule has 3 amide bonds. The minimum atomic E-state index is -0.421. The van der Waals surface area contributed by atoms with Gasteiger partial charge in [0.1, 0.15) is 11.6 Å². The molecule has 0 aliphatic carbocycles. The van der Waals surface area contributed by atoms with Gasteiger partial charge >= 0.3 is 6.03 Å². The number of nitrogens with zero attached hydrogens (tertiary/aromatic N) is 1. The normalized spacial score (nSPS) is 10.1. The van der Waals surface area contributed by atoms with Crippen molar-refractivity contribution >= 4 is 23.4 Å². The minimum Gasteiger partial charge on any atom is -0.455 e. The van der Waals surface area contributed by atoms with E-state index < -0.39 is 6.03 Å². The summed E-state index contributed by atoms with van der Waals surface area (Å²) >= 11 is 0. The number of carbonyl (C=O) groups excluding carboxylic acids is 2. The van der Waals surface area contributed by atoms with E-state index in [1.54, 1.807) is 30.5 Å². The zero-order valence-corrected chi connectivity index (χ0v) is 16.0. The lowest BCUT2D eigenvalue weighted by atomic mass is 10.3. The average Bonchev–Trinajstić information content (AvgIpc) is 2.72. The van der Waals surface area contributed by atoms with Crippen molar-refractivity contribution in [1.82, 2.24) is 10.3 Å². The minimum absolute atomic E-state index is 0.130. The lowest BCUT2D eigenvalue weighted by molar-refractivity contribution is -0.116. The number of anilines is 2. The monoisotopic (exact) mass is 390 g/mol. The maximum atomic E-state index is 12.2. The SMILES string of the molecule is Cc1ccc(NC(=O)CCNC(=O)Nc2ccccc2Oc2ccccc2)nc1. The second kappa shape index (κ2) is 9.89. The number of carbonyl (C=O) groups is 2. The van der Waals surface area contributed by atoms with E-state index in [2.05, 4.69) is 20.9 Å². The van der Waals surface area contributed by atoms with Gasteiger partial charge in [-0.3, -0.25) is 4.79 Å². The first-order valence-corrected chi connectivity index (χ1v) is 9.19. The molecule has 3 aromatic rings. The third-order valence-electron chi connectivity index (χ3n) is 3.92. The van der Waals surface area contributed by atoms with Gasteiger partial charge in [-0.05, 0) is 42.8 Å². The predicted octanol–water partition coefficient (Wildman–Crippen LogP) is 4.33. The predicted molar refractivity (Wildman–Crippen MR) is 112 cm³/mol. The molecule has 148 valence electrons. The summed E-state index contributed by atoms with van der Waals surface area (Å²) in [7, 11) is 0. The quantitative estimate of drug-likeness (QED) is 0.560. The molecule has 0 atom stereocenters. The number of aryl methyl sites for hydroxylation is 1. The Morgan fingerprint density at radius 1 is 0.931 bits per heavy atom. The van der Waals surface area contributed by atoms with Crippen LogP contribution in [0.25, 0.3) is 0 Å². The number of urea groups is 1. The van der Waals surface area contributed by atoms with Crippen LogP contribution in [0.4, 0.5) is 16.3 Å². The standard InChI is InChI=1S/C22H22N4O3/c1-16-11-12-20(24-15-16)26-21(27)13-14-23-22(28)25-18-9-5-6-10-19(18)29-17-7-3-2-4-8-17/h2-12,15H,13-14H2,1H3,(H2,23,25,28)(H,24,26,27). The molecular formula is C22H22N4O3. The van der Waals surface area contributed by atoms with Gasteiger partial charge in [0.05, 0.1) is 5.69 Å². The van der Waals surface area contributed by atoms with Crippen LogP contribution in [-0.4, -0.2) is 23.5 Å². The van der Waals surface area contributed by atoms with E-state index in [0.29, 0.717) is 23.0 Å². The Morgan fingerprint density at radius 3 is 2.45 bits per heavy atom. The number of nitrogens with one attached hydrogen (secondary N) is 3. The van der Waals surface area contributed by atoms with E-state index >= 15 is 0 Å². The summed E-state index contributed by atoms with van der Waals surface area (Å²) < 4.78 is 5.81. The average molecular weight is 390 g/mol. The molecule has 0 saturated carbocycles. The number of benzene rings is 2. The van der Waals surface area contributed by atoms with Crippen molar-refractivity contribution in [3.8, 4) is 11.5 Å². The molecular weight excluding hydrogens is 368 g/mol. The number of hydrogen-bond acceptors (Lipinski definition) is 4. The molecule has 0 radical (unpaired) electrons. The molecule has 0 aliphatic rings. The van der Waals surface area contributed by atoms with Crippen LogP contribution in [-0.2, 0) is 4.79 Å². The molecule has 0 fully saturated rings. The molecule has 3 N–H and O–H groups in total. The fourth-order valence-corrected chi connectivity index (χ4v) is 2.48. The van der Waals surface area contributed by atoms with E-state index in [9.17, 15) is 9.59 Å². The van der Waals surface area contributed by atoms with E-state index in [4.69, 9.17) is 4.74 Å². The van der Waals surface area contributed by atoms with Gasteiger partial charge in [-0.1, -0.05) is 36.4 Å². The molecule has 0 unspecified atom stereocenters. The van der Waals surface area contributed by atoms with Crippen LogP contribution >= 0.6 is 0 Å². The summed E-state index contributed by atoms with van der Waals surface area (Å²) in [5.74, 6) is 1.45. The maximum Gasteiger partial charge on any atom is 0.319 e. The first-order valence-electron chi connectivity index (χ1n) is 9.19.